The Morgan fingerprint density at radius 3 is 2.21 bits per heavy atom. The lowest BCUT2D eigenvalue weighted by Crippen LogP contribution is -2.16. The molecule has 5 nitrogen and oxygen atoms in total. The van der Waals surface area contributed by atoms with E-state index in [1.807, 2.05) is 24.3 Å². The van der Waals surface area contributed by atoms with Gasteiger partial charge in [-0.15, -0.1) is 0 Å². The molecule has 0 aliphatic rings. The fourth-order valence-corrected chi connectivity index (χ4v) is 3.13. The molecule has 1 amide bonds. The van der Waals surface area contributed by atoms with Crippen LogP contribution >= 0.6 is 0 Å². The van der Waals surface area contributed by atoms with Gasteiger partial charge in [-0.25, -0.2) is 9.97 Å². The van der Waals surface area contributed by atoms with E-state index in [0.29, 0.717) is 18.1 Å². The van der Waals surface area contributed by atoms with Gasteiger partial charge in [-0.1, -0.05) is 61.9 Å². The third-order valence-electron chi connectivity index (χ3n) is 4.68. The van der Waals surface area contributed by atoms with Crippen molar-refractivity contribution in [3.8, 4) is 0 Å². The number of benzene rings is 2. The molecule has 0 fully saturated rings. The summed E-state index contributed by atoms with van der Waals surface area (Å²) in [5.74, 6) is 0.307. The van der Waals surface area contributed by atoms with Crippen LogP contribution in [0.15, 0.2) is 54.9 Å². The Hall–Kier alpha value is -3.21. The van der Waals surface area contributed by atoms with Crippen molar-refractivity contribution in [1.82, 2.24) is 9.97 Å². The molecule has 2 aromatic carbocycles. The zero-order valence-electron chi connectivity index (χ0n) is 16.6. The normalized spacial score (nSPS) is 10.5. The zero-order chi connectivity index (χ0) is 19.9. The lowest BCUT2D eigenvalue weighted by Gasteiger charge is -2.14. The van der Waals surface area contributed by atoms with Crippen molar-refractivity contribution in [2.45, 2.75) is 40.2 Å². The smallest absolute Gasteiger partial charge is 0.258 e. The molecule has 28 heavy (non-hydrogen) atoms. The number of aromatic nitrogens is 2. The van der Waals surface area contributed by atoms with Crippen molar-refractivity contribution in [2.75, 3.05) is 10.6 Å². The van der Waals surface area contributed by atoms with Gasteiger partial charge in [0.1, 0.15) is 0 Å². The van der Waals surface area contributed by atoms with Gasteiger partial charge in [0.25, 0.3) is 5.91 Å². The van der Waals surface area contributed by atoms with E-state index < -0.39 is 0 Å². The lowest BCUT2D eigenvalue weighted by atomic mass is 10.0. The molecule has 0 spiro atoms. The Balaban J connectivity index is 1.67. The first kappa shape index (κ1) is 19.5. The molecule has 2 N–H and O–H groups in total. The van der Waals surface area contributed by atoms with Gasteiger partial charge in [0.15, 0.2) is 0 Å². The molecule has 0 aliphatic heterocycles. The number of anilines is 2. The Morgan fingerprint density at radius 1 is 0.964 bits per heavy atom. The first-order valence-electron chi connectivity index (χ1n) is 9.64. The quantitative estimate of drug-likeness (QED) is 0.625. The highest BCUT2D eigenvalue weighted by molar-refractivity contribution is 6.04. The van der Waals surface area contributed by atoms with Crippen LogP contribution in [0.1, 0.15) is 46.5 Å². The SMILES string of the molecule is CCc1cccc(CC)c1NC(=O)c1cnc(NCc2cccc(C)c2)nc1. The maximum absolute atomic E-state index is 12.7. The van der Waals surface area contributed by atoms with Crippen molar-refractivity contribution >= 4 is 17.5 Å². The first-order chi connectivity index (χ1) is 13.6. The van der Waals surface area contributed by atoms with Crippen LogP contribution in [-0.4, -0.2) is 15.9 Å². The lowest BCUT2D eigenvalue weighted by molar-refractivity contribution is 0.102. The van der Waals surface area contributed by atoms with Crippen LogP contribution in [0.5, 0.6) is 0 Å². The number of para-hydroxylation sites is 1. The van der Waals surface area contributed by atoms with Crippen molar-refractivity contribution < 1.29 is 4.79 Å². The second-order valence-corrected chi connectivity index (χ2v) is 6.75. The average molecular weight is 374 g/mol. The summed E-state index contributed by atoms with van der Waals surface area (Å²) in [7, 11) is 0. The number of carbonyl (C=O) groups is 1. The molecule has 0 saturated carbocycles. The maximum atomic E-state index is 12.7. The maximum Gasteiger partial charge on any atom is 0.258 e. The van der Waals surface area contributed by atoms with Crippen LogP contribution in [0, 0.1) is 6.92 Å². The molecule has 3 aromatic rings. The number of hydrogen-bond donors (Lipinski definition) is 2. The standard InChI is InChI=1S/C23H26N4O/c1-4-18-10-7-11-19(5-2)21(18)27-22(28)20-14-25-23(26-15-20)24-13-17-9-6-8-16(3)12-17/h6-12,14-15H,4-5,13H2,1-3H3,(H,27,28)(H,24,25,26). The van der Waals surface area contributed by atoms with E-state index in [1.165, 1.54) is 5.56 Å². The van der Waals surface area contributed by atoms with Crippen molar-refractivity contribution in [3.05, 3.63) is 82.7 Å². The van der Waals surface area contributed by atoms with Gasteiger partial charge < -0.3 is 10.6 Å². The van der Waals surface area contributed by atoms with E-state index >= 15 is 0 Å². The summed E-state index contributed by atoms with van der Waals surface area (Å²) in [6, 6.07) is 14.4. The fourth-order valence-electron chi connectivity index (χ4n) is 3.13. The number of nitrogens with zero attached hydrogens (tertiary/aromatic N) is 2. The van der Waals surface area contributed by atoms with Gasteiger partial charge in [0, 0.05) is 24.6 Å². The molecule has 144 valence electrons. The summed E-state index contributed by atoms with van der Waals surface area (Å²) in [6.45, 7) is 6.87. The number of aryl methyl sites for hydroxylation is 3. The van der Waals surface area contributed by atoms with Gasteiger partial charge >= 0.3 is 0 Å². The minimum Gasteiger partial charge on any atom is -0.350 e. The van der Waals surface area contributed by atoms with E-state index in [4.69, 9.17) is 0 Å². The molecule has 0 bridgehead atoms. The molecular weight excluding hydrogens is 348 g/mol. The third-order valence-corrected chi connectivity index (χ3v) is 4.68. The van der Waals surface area contributed by atoms with Crippen molar-refractivity contribution in [2.24, 2.45) is 0 Å². The molecule has 0 atom stereocenters. The fraction of sp³-hybridized carbons (Fsp3) is 0.261. The molecule has 3 rings (SSSR count). The Morgan fingerprint density at radius 2 is 1.61 bits per heavy atom. The Bertz CT molecular complexity index is 929. The zero-order valence-corrected chi connectivity index (χ0v) is 16.6. The molecule has 1 aromatic heterocycles. The summed E-state index contributed by atoms with van der Waals surface area (Å²) in [4.78, 5) is 21.2. The van der Waals surface area contributed by atoms with Crippen molar-refractivity contribution in [1.29, 1.82) is 0 Å². The van der Waals surface area contributed by atoms with Crippen LogP contribution < -0.4 is 10.6 Å². The number of nitrogens with one attached hydrogen (secondary N) is 2. The van der Waals surface area contributed by atoms with Gasteiger partial charge in [-0.05, 0) is 36.5 Å². The number of hydrogen-bond acceptors (Lipinski definition) is 4. The first-order valence-corrected chi connectivity index (χ1v) is 9.64. The van der Waals surface area contributed by atoms with Crippen LogP contribution in [-0.2, 0) is 19.4 Å². The molecule has 0 saturated heterocycles. The molecule has 0 unspecified atom stereocenters. The second kappa shape index (κ2) is 9.13. The minimum atomic E-state index is -0.194. The average Bonchev–Trinajstić information content (AvgIpc) is 2.72. The van der Waals surface area contributed by atoms with Crippen LogP contribution in [0.2, 0.25) is 0 Å². The molecule has 0 radical (unpaired) electrons. The third kappa shape index (κ3) is 4.74. The van der Waals surface area contributed by atoms with Crippen LogP contribution in [0.25, 0.3) is 0 Å². The summed E-state index contributed by atoms with van der Waals surface area (Å²) in [6.07, 6.45) is 4.84. The van der Waals surface area contributed by atoms with Gasteiger partial charge in [-0.2, -0.15) is 0 Å². The number of amides is 1. The van der Waals surface area contributed by atoms with Crippen LogP contribution in [0.3, 0.4) is 0 Å². The highest BCUT2D eigenvalue weighted by atomic mass is 16.1. The molecule has 5 heteroatoms. The van der Waals surface area contributed by atoms with Gasteiger partial charge in [-0.3, -0.25) is 4.79 Å². The monoisotopic (exact) mass is 374 g/mol. The molecular formula is C23H26N4O. The predicted molar refractivity (Wildman–Crippen MR) is 114 cm³/mol. The predicted octanol–water partition coefficient (Wildman–Crippen LogP) is 4.77. The van der Waals surface area contributed by atoms with Crippen LogP contribution in [0.4, 0.5) is 11.6 Å². The topological polar surface area (TPSA) is 66.9 Å². The van der Waals surface area contributed by atoms with E-state index in [1.54, 1.807) is 12.4 Å². The van der Waals surface area contributed by atoms with Gasteiger partial charge in [0.05, 0.1) is 5.56 Å². The minimum absolute atomic E-state index is 0.194. The van der Waals surface area contributed by atoms with E-state index in [9.17, 15) is 4.79 Å². The second-order valence-electron chi connectivity index (χ2n) is 6.75. The van der Waals surface area contributed by atoms with Gasteiger partial charge in [0.2, 0.25) is 5.95 Å². The highest BCUT2D eigenvalue weighted by Crippen LogP contribution is 2.23. The van der Waals surface area contributed by atoms with E-state index in [0.717, 1.165) is 35.2 Å². The summed E-state index contributed by atoms with van der Waals surface area (Å²) >= 11 is 0. The van der Waals surface area contributed by atoms with E-state index in [2.05, 4.69) is 59.6 Å². The summed E-state index contributed by atoms with van der Waals surface area (Å²) < 4.78 is 0. The number of rotatable bonds is 7. The Labute approximate surface area is 166 Å². The molecule has 1 heterocycles. The largest absolute Gasteiger partial charge is 0.350 e. The Kier molecular flexibility index (Phi) is 6.37. The summed E-state index contributed by atoms with van der Waals surface area (Å²) in [5, 5.41) is 6.23. The highest BCUT2D eigenvalue weighted by Gasteiger charge is 2.12. The molecule has 0 aliphatic carbocycles. The van der Waals surface area contributed by atoms with E-state index in [-0.39, 0.29) is 5.91 Å². The van der Waals surface area contributed by atoms with Crippen molar-refractivity contribution in [3.63, 3.8) is 0 Å². The number of carbonyl (C=O) groups excluding carboxylic acids is 1. The summed E-state index contributed by atoms with van der Waals surface area (Å²) in [5.41, 5.74) is 5.98.